The molecule has 0 N–H and O–H groups in total. The van der Waals surface area contributed by atoms with Gasteiger partial charge in [0.25, 0.3) is 5.69 Å². The van der Waals surface area contributed by atoms with Crippen molar-refractivity contribution < 1.29 is 9.66 Å². The summed E-state index contributed by atoms with van der Waals surface area (Å²) in [5.41, 5.74) is -0.0908. The minimum absolute atomic E-state index is 0.0908. The van der Waals surface area contributed by atoms with Gasteiger partial charge in [-0.25, -0.2) is 0 Å². The number of benzene rings is 1. The normalized spacial score (nSPS) is 10.3. The molecule has 0 aliphatic heterocycles. The number of hydrogen-bond acceptors (Lipinski definition) is 3. The molecule has 0 atom stereocenters. The first-order valence-electron chi connectivity index (χ1n) is 6.22. The third-order valence-corrected chi connectivity index (χ3v) is 2.94. The van der Waals surface area contributed by atoms with Crippen LogP contribution in [0.5, 0.6) is 5.75 Å². The van der Waals surface area contributed by atoms with E-state index < -0.39 is 4.92 Å². The van der Waals surface area contributed by atoms with Crippen LogP contribution in [0.1, 0.15) is 39.0 Å². The van der Waals surface area contributed by atoms with E-state index in [1.54, 1.807) is 6.07 Å². The molecule has 0 aromatic heterocycles. The fraction of sp³-hybridized carbons (Fsp3) is 0.538. The quantitative estimate of drug-likeness (QED) is 0.394. The maximum absolute atomic E-state index is 10.6. The van der Waals surface area contributed by atoms with Gasteiger partial charge in [-0.2, -0.15) is 0 Å². The maximum Gasteiger partial charge on any atom is 0.288 e. The van der Waals surface area contributed by atoms with E-state index in [0.717, 1.165) is 12.8 Å². The number of nitrogens with zero attached hydrogens (tertiary/aromatic N) is 1. The molecule has 0 saturated heterocycles. The van der Waals surface area contributed by atoms with E-state index in [2.05, 4.69) is 6.92 Å². The summed E-state index contributed by atoms with van der Waals surface area (Å²) < 4.78 is 5.49. The molecule has 0 unspecified atom stereocenters. The van der Waals surface area contributed by atoms with Gasteiger partial charge >= 0.3 is 0 Å². The van der Waals surface area contributed by atoms with E-state index in [1.807, 2.05) is 0 Å². The third kappa shape index (κ3) is 4.92. The lowest BCUT2D eigenvalue weighted by Gasteiger charge is -2.06. The minimum Gasteiger partial charge on any atom is -0.494 e. The molecule has 0 radical (unpaired) electrons. The van der Waals surface area contributed by atoms with Gasteiger partial charge in [0.2, 0.25) is 0 Å². The van der Waals surface area contributed by atoms with Crippen LogP contribution in [0, 0.1) is 10.1 Å². The molecule has 1 rings (SSSR count). The second-order valence-electron chi connectivity index (χ2n) is 4.13. The van der Waals surface area contributed by atoms with Crippen molar-refractivity contribution in [3.63, 3.8) is 0 Å². The number of hydrogen-bond donors (Lipinski definition) is 0. The van der Waals surface area contributed by atoms with Gasteiger partial charge in [-0.1, -0.05) is 44.2 Å². The molecule has 0 amide bonds. The highest BCUT2D eigenvalue weighted by atomic mass is 35.5. The number of unbranched alkanes of at least 4 members (excludes halogenated alkanes) is 4. The molecule has 0 fully saturated rings. The molecule has 0 aliphatic carbocycles. The molecule has 100 valence electrons. The Bertz CT molecular complexity index is 396. The van der Waals surface area contributed by atoms with Crippen molar-refractivity contribution in [1.29, 1.82) is 0 Å². The van der Waals surface area contributed by atoms with Crippen molar-refractivity contribution in [2.45, 2.75) is 39.0 Å². The van der Waals surface area contributed by atoms with Gasteiger partial charge in [-0.15, -0.1) is 0 Å². The highest BCUT2D eigenvalue weighted by Crippen LogP contribution is 2.28. The fourth-order valence-electron chi connectivity index (χ4n) is 1.62. The van der Waals surface area contributed by atoms with E-state index in [-0.39, 0.29) is 10.7 Å². The molecule has 1 aromatic carbocycles. The third-order valence-electron chi connectivity index (χ3n) is 2.63. The molecule has 4 nitrogen and oxygen atoms in total. The molecule has 0 bridgehead atoms. The fourth-order valence-corrected chi connectivity index (χ4v) is 1.86. The summed E-state index contributed by atoms with van der Waals surface area (Å²) in [4.78, 5) is 10.1. The molecule has 1 aromatic rings. The monoisotopic (exact) mass is 271 g/mol. The van der Waals surface area contributed by atoms with Crippen LogP contribution in [0.25, 0.3) is 0 Å². The van der Waals surface area contributed by atoms with Gasteiger partial charge in [0, 0.05) is 12.1 Å². The number of nitro groups is 1. The Morgan fingerprint density at radius 1 is 1.28 bits per heavy atom. The molecule has 0 spiro atoms. The summed E-state index contributed by atoms with van der Waals surface area (Å²) in [7, 11) is 0. The van der Waals surface area contributed by atoms with Crippen LogP contribution in [-0.2, 0) is 0 Å². The molecular weight excluding hydrogens is 254 g/mol. The lowest BCUT2D eigenvalue weighted by Crippen LogP contribution is -1.98. The van der Waals surface area contributed by atoms with Gasteiger partial charge < -0.3 is 4.74 Å². The summed E-state index contributed by atoms with van der Waals surface area (Å²) in [5.74, 6) is 0.584. The highest BCUT2D eigenvalue weighted by Gasteiger charge is 2.12. The van der Waals surface area contributed by atoms with Crippen molar-refractivity contribution in [3.05, 3.63) is 33.3 Å². The Hall–Kier alpha value is -1.29. The summed E-state index contributed by atoms with van der Waals surface area (Å²) in [6, 6.07) is 4.44. The number of rotatable bonds is 8. The van der Waals surface area contributed by atoms with Crippen LogP contribution in [-0.4, -0.2) is 11.5 Å². The molecule has 0 saturated carbocycles. The minimum atomic E-state index is -0.503. The van der Waals surface area contributed by atoms with E-state index in [1.165, 1.54) is 31.4 Å². The first-order chi connectivity index (χ1) is 8.65. The molecule has 5 heteroatoms. The predicted molar refractivity (Wildman–Crippen MR) is 72.4 cm³/mol. The zero-order chi connectivity index (χ0) is 13.4. The molecular formula is C13H18ClNO3. The standard InChI is InChI=1S/C13H18ClNO3/c1-2-3-4-5-6-9-18-11-7-8-13(15(16)17)12(14)10-11/h7-8,10H,2-6,9H2,1H3. The first-order valence-corrected chi connectivity index (χ1v) is 6.59. The Kier molecular flexibility index (Phi) is 6.50. The number of halogens is 1. The van der Waals surface area contributed by atoms with Crippen LogP contribution >= 0.6 is 11.6 Å². The van der Waals surface area contributed by atoms with Crippen molar-refractivity contribution >= 4 is 17.3 Å². The second kappa shape index (κ2) is 7.93. The van der Waals surface area contributed by atoms with Gasteiger partial charge in [0.1, 0.15) is 10.8 Å². The average Bonchev–Trinajstić information content (AvgIpc) is 2.33. The Balaban J connectivity index is 2.35. The zero-order valence-electron chi connectivity index (χ0n) is 10.5. The second-order valence-corrected chi connectivity index (χ2v) is 4.54. The van der Waals surface area contributed by atoms with Gasteiger partial charge in [0.15, 0.2) is 0 Å². The van der Waals surface area contributed by atoms with Crippen LogP contribution < -0.4 is 4.74 Å². The highest BCUT2D eigenvalue weighted by molar-refractivity contribution is 6.32. The van der Waals surface area contributed by atoms with Gasteiger partial charge in [-0.3, -0.25) is 10.1 Å². The maximum atomic E-state index is 10.6. The predicted octanol–water partition coefficient (Wildman–Crippen LogP) is 4.60. The SMILES string of the molecule is CCCCCCCOc1ccc([N+](=O)[O-])c(Cl)c1. The summed E-state index contributed by atoms with van der Waals surface area (Å²) >= 11 is 5.78. The van der Waals surface area contributed by atoms with Crippen LogP contribution in [0.2, 0.25) is 5.02 Å². The number of ether oxygens (including phenoxy) is 1. The largest absolute Gasteiger partial charge is 0.494 e. The lowest BCUT2D eigenvalue weighted by atomic mass is 10.2. The molecule has 18 heavy (non-hydrogen) atoms. The lowest BCUT2D eigenvalue weighted by molar-refractivity contribution is -0.384. The molecule has 0 aliphatic rings. The smallest absolute Gasteiger partial charge is 0.288 e. The molecule has 0 heterocycles. The zero-order valence-corrected chi connectivity index (χ0v) is 11.3. The first kappa shape index (κ1) is 14.8. The topological polar surface area (TPSA) is 52.4 Å². The van der Waals surface area contributed by atoms with Gasteiger partial charge in [-0.05, 0) is 12.5 Å². The van der Waals surface area contributed by atoms with Crippen LogP contribution in [0.3, 0.4) is 0 Å². The van der Waals surface area contributed by atoms with E-state index in [9.17, 15) is 10.1 Å². The van der Waals surface area contributed by atoms with Crippen LogP contribution in [0.15, 0.2) is 18.2 Å². The van der Waals surface area contributed by atoms with E-state index in [4.69, 9.17) is 16.3 Å². The summed E-state index contributed by atoms with van der Waals surface area (Å²) in [5, 5.41) is 10.7. The summed E-state index contributed by atoms with van der Waals surface area (Å²) in [6.45, 7) is 2.80. The van der Waals surface area contributed by atoms with Crippen LogP contribution in [0.4, 0.5) is 5.69 Å². The van der Waals surface area contributed by atoms with Crippen molar-refractivity contribution in [2.75, 3.05) is 6.61 Å². The number of nitro benzene ring substituents is 1. The Morgan fingerprint density at radius 3 is 2.61 bits per heavy atom. The van der Waals surface area contributed by atoms with Crippen molar-refractivity contribution in [1.82, 2.24) is 0 Å². The Morgan fingerprint density at radius 2 is 2.00 bits per heavy atom. The summed E-state index contributed by atoms with van der Waals surface area (Å²) in [6.07, 6.45) is 5.84. The van der Waals surface area contributed by atoms with Crippen molar-refractivity contribution in [3.8, 4) is 5.75 Å². The average molecular weight is 272 g/mol. The van der Waals surface area contributed by atoms with Crippen molar-refractivity contribution in [2.24, 2.45) is 0 Å². The Labute approximate surface area is 112 Å². The van der Waals surface area contributed by atoms with Gasteiger partial charge in [0.05, 0.1) is 11.5 Å². The van der Waals surface area contributed by atoms with E-state index in [0.29, 0.717) is 12.4 Å². The van der Waals surface area contributed by atoms with E-state index >= 15 is 0 Å².